The Hall–Kier alpha value is -1.90. The molecule has 2 saturated carbocycles. The topological polar surface area (TPSA) is 9.23 Å². The molecule has 2 fully saturated rings. The smallest absolute Gasteiger partial charge is 0.201 e. The number of unbranched alkanes of at least 4 members (excludes halogenated alkanes) is 1. The van der Waals surface area contributed by atoms with Crippen molar-refractivity contribution in [2.24, 2.45) is 23.7 Å². The van der Waals surface area contributed by atoms with Crippen LogP contribution >= 0.6 is 0 Å². The zero-order valence-corrected chi connectivity index (χ0v) is 21.1. The molecule has 0 radical (unpaired) electrons. The first-order valence-electron chi connectivity index (χ1n) is 13.8. The maximum Gasteiger partial charge on any atom is 0.201 e. The molecular weight excluding hydrogens is 426 g/mol. The third kappa shape index (κ3) is 6.20. The summed E-state index contributed by atoms with van der Waals surface area (Å²) < 4.78 is 34.2. The van der Waals surface area contributed by atoms with E-state index >= 15 is 0 Å². The van der Waals surface area contributed by atoms with Crippen LogP contribution in [0.1, 0.15) is 90.0 Å². The van der Waals surface area contributed by atoms with Gasteiger partial charge in [0.15, 0.2) is 11.6 Å². The van der Waals surface area contributed by atoms with Gasteiger partial charge in [-0.2, -0.15) is 4.39 Å². The van der Waals surface area contributed by atoms with E-state index in [4.69, 9.17) is 4.74 Å². The molecule has 2 aliphatic rings. The minimum absolute atomic E-state index is 0.00143. The first-order valence-corrected chi connectivity index (χ1v) is 13.8. The first-order chi connectivity index (χ1) is 16.6. The van der Waals surface area contributed by atoms with Gasteiger partial charge in [0, 0.05) is 5.39 Å². The van der Waals surface area contributed by atoms with Crippen LogP contribution in [0.25, 0.3) is 10.8 Å². The number of allylic oxidation sites excluding steroid dienone is 2. The van der Waals surface area contributed by atoms with E-state index in [-0.39, 0.29) is 5.75 Å². The third-order valence-electron chi connectivity index (χ3n) is 8.43. The molecule has 34 heavy (non-hydrogen) atoms. The Morgan fingerprint density at radius 1 is 0.882 bits per heavy atom. The van der Waals surface area contributed by atoms with Crippen LogP contribution in [0.3, 0.4) is 0 Å². The maximum atomic E-state index is 14.6. The summed E-state index contributed by atoms with van der Waals surface area (Å²) >= 11 is 0. The molecule has 0 atom stereocenters. The largest absolute Gasteiger partial charge is 0.491 e. The Labute approximate surface area is 205 Å². The number of aryl methyl sites for hydroxylation is 1. The van der Waals surface area contributed by atoms with E-state index in [1.165, 1.54) is 64.2 Å². The van der Waals surface area contributed by atoms with Crippen molar-refractivity contribution in [2.45, 2.75) is 90.9 Å². The Morgan fingerprint density at radius 3 is 2.26 bits per heavy atom. The SMILES string of the molecule is CCC/C=C/C1CCC(C2CCC(CCc3ccc4cc(OCC)c(F)c(F)c4c3)CC2)CC1. The molecule has 2 aliphatic carbocycles. The summed E-state index contributed by atoms with van der Waals surface area (Å²) in [6, 6.07) is 7.41. The first kappa shape index (κ1) is 25.2. The van der Waals surface area contributed by atoms with Crippen molar-refractivity contribution in [1.82, 2.24) is 0 Å². The van der Waals surface area contributed by atoms with Crippen LogP contribution in [0.4, 0.5) is 8.78 Å². The molecule has 1 nitrogen and oxygen atoms in total. The number of rotatable bonds is 9. The van der Waals surface area contributed by atoms with E-state index in [1.807, 2.05) is 12.1 Å². The average Bonchev–Trinajstić information content (AvgIpc) is 2.87. The van der Waals surface area contributed by atoms with Gasteiger partial charge in [-0.15, -0.1) is 0 Å². The van der Waals surface area contributed by atoms with Gasteiger partial charge >= 0.3 is 0 Å². The Morgan fingerprint density at radius 2 is 1.59 bits per heavy atom. The van der Waals surface area contributed by atoms with Crippen LogP contribution < -0.4 is 4.74 Å². The van der Waals surface area contributed by atoms with E-state index in [0.29, 0.717) is 17.4 Å². The molecule has 0 amide bonds. The Bertz CT molecular complexity index is 950. The third-order valence-corrected chi connectivity index (χ3v) is 8.43. The van der Waals surface area contributed by atoms with Gasteiger partial charge in [0.1, 0.15) is 0 Å². The van der Waals surface area contributed by atoms with Crippen LogP contribution in [0, 0.1) is 35.3 Å². The summed E-state index contributed by atoms with van der Waals surface area (Å²) in [5, 5.41) is 1.06. The fourth-order valence-electron chi connectivity index (χ4n) is 6.35. The lowest BCUT2D eigenvalue weighted by Crippen LogP contribution is -2.25. The molecule has 4 rings (SSSR count). The van der Waals surface area contributed by atoms with Gasteiger partial charge in [0.05, 0.1) is 6.61 Å². The van der Waals surface area contributed by atoms with E-state index in [2.05, 4.69) is 25.1 Å². The summed E-state index contributed by atoms with van der Waals surface area (Å²) in [6.45, 7) is 4.34. The number of benzene rings is 2. The van der Waals surface area contributed by atoms with Crippen LogP contribution in [0.5, 0.6) is 5.75 Å². The fraction of sp³-hybridized carbons (Fsp3) is 0.613. The summed E-state index contributed by atoms with van der Waals surface area (Å²) in [7, 11) is 0. The van der Waals surface area contributed by atoms with Gasteiger partial charge in [-0.3, -0.25) is 0 Å². The van der Waals surface area contributed by atoms with Crippen molar-refractivity contribution < 1.29 is 13.5 Å². The molecule has 0 spiro atoms. The van der Waals surface area contributed by atoms with Crippen LogP contribution in [0.15, 0.2) is 36.4 Å². The van der Waals surface area contributed by atoms with Gasteiger partial charge in [0.2, 0.25) is 5.82 Å². The van der Waals surface area contributed by atoms with E-state index in [1.54, 1.807) is 13.0 Å². The van der Waals surface area contributed by atoms with E-state index < -0.39 is 11.6 Å². The lowest BCUT2D eigenvalue weighted by molar-refractivity contribution is 0.152. The van der Waals surface area contributed by atoms with Crippen molar-refractivity contribution >= 4 is 10.8 Å². The van der Waals surface area contributed by atoms with Crippen molar-refractivity contribution in [1.29, 1.82) is 0 Å². The normalized spacial score (nSPS) is 25.8. The zero-order valence-electron chi connectivity index (χ0n) is 21.1. The van der Waals surface area contributed by atoms with E-state index in [0.717, 1.165) is 42.1 Å². The van der Waals surface area contributed by atoms with Crippen LogP contribution in [-0.2, 0) is 6.42 Å². The lowest BCUT2D eigenvalue weighted by atomic mass is 9.68. The van der Waals surface area contributed by atoms with Gasteiger partial charge < -0.3 is 4.74 Å². The van der Waals surface area contributed by atoms with Gasteiger partial charge in [0.25, 0.3) is 0 Å². The number of hydrogen-bond acceptors (Lipinski definition) is 1. The maximum absolute atomic E-state index is 14.6. The summed E-state index contributed by atoms with van der Waals surface area (Å²) in [4.78, 5) is 0. The second-order valence-corrected chi connectivity index (χ2v) is 10.7. The van der Waals surface area contributed by atoms with Crippen molar-refractivity contribution in [2.75, 3.05) is 6.61 Å². The molecule has 2 aromatic carbocycles. The minimum atomic E-state index is -0.879. The molecule has 0 heterocycles. The average molecular weight is 469 g/mol. The number of ether oxygens (including phenoxy) is 1. The molecule has 186 valence electrons. The summed E-state index contributed by atoms with van der Waals surface area (Å²) in [5.41, 5.74) is 1.10. The van der Waals surface area contributed by atoms with Crippen molar-refractivity contribution in [3.8, 4) is 5.75 Å². The van der Waals surface area contributed by atoms with E-state index in [9.17, 15) is 8.78 Å². The van der Waals surface area contributed by atoms with Gasteiger partial charge in [-0.05, 0) is 111 Å². The molecular formula is C31H42F2O. The quantitative estimate of drug-likeness (QED) is 0.333. The van der Waals surface area contributed by atoms with Gasteiger partial charge in [-0.25, -0.2) is 4.39 Å². The monoisotopic (exact) mass is 468 g/mol. The minimum Gasteiger partial charge on any atom is -0.491 e. The Kier molecular flexibility index (Phi) is 9.03. The molecule has 0 bridgehead atoms. The second-order valence-electron chi connectivity index (χ2n) is 10.7. The zero-order chi connectivity index (χ0) is 23.9. The molecule has 0 aliphatic heterocycles. The van der Waals surface area contributed by atoms with Crippen LogP contribution in [-0.4, -0.2) is 6.61 Å². The highest BCUT2D eigenvalue weighted by Gasteiger charge is 2.30. The number of fused-ring (bicyclic) bond motifs is 1. The predicted octanol–water partition coefficient (Wildman–Crippen LogP) is 9.42. The lowest BCUT2D eigenvalue weighted by Gasteiger charge is -2.37. The summed E-state index contributed by atoms with van der Waals surface area (Å²) in [5.74, 6) is 1.78. The predicted molar refractivity (Wildman–Crippen MR) is 138 cm³/mol. The molecule has 2 aromatic rings. The molecule has 0 N–H and O–H groups in total. The highest BCUT2D eigenvalue weighted by Crippen LogP contribution is 2.42. The number of hydrogen-bond donors (Lipinski definition) is 0. The second kappa shape index (κ2) is 12.2. The highest BCUT2D eigenvalue weighted by atomic mass is 19.2. The molecule has 3 heteroatoms. The van der Waals surface area contributed by atoms with Crippen LogP contribution in [0.2, 0.25) is 0 Å². The van der Waals surface area contributed by atoms with Crippen molar-refractivity contribution in [3.05, 3.63) is 53.6 Å². The fourth-order valence-corrected chi connectivity index (χ4v) is 6.35. The van der Waals surface area contributed by atoms with Gasteiger partial charge in [-0.1, -0.05) is 50.5 Å². The molecule has 0 saturated heterocycles. The molecule has 0 aromatic heterocycles. The molecule has 0 unspecified atom stereocenters. The van der Waals surface area contributed by atoms with Crippen molar-refractivity contribution in [3.63, 3.8) is 0 Å². The highest BCUT2D eigenvalue weighted by molar-refractivity contribution is 5.85. The standard InChI is InChI=1S/C31H42F2O/c1-3-5-6-7-22-10-15-25(16-11-22)26-17-12-23(13-18-26)8-9-24-14-19-27-21-29(34-4-2)31(33)30(32)28(27)20-24/h6-7,14,19-23,25-26H,3-5,8-13,15-18H2,1-2H3/b7-6+. The Balaban J connectivity index is 1.25. The number of halogens is 2. The summed E-state index contributed by atoms with van der Waals surface area (Å²) in [6.07, 6.45) is 20.5.